The van der Waals surface area contributed by atoms with Crippen molar-refractivity contribution in [3.8, 4) is 0 Å². The minimum atomic E-state index is 0.0974. The third-order valence-corrected chi connectivity index (χ3v) is 3.01. The van der Waals surface area contributed by atoms with E-state index < -0.39 is 0 Å². The van der Waals surface area contributed by atoms with Crippen LogP contribution in [0.5, 0.6) is 0 Å². The van der Waals surface area contributed by atoms with E-state index in [1.165, 1.54) is 0 Å². The molecule has 0 aromatic carbocycles. The van der Waals surface area contributed by atoms with E-state index in [1.807, 2.05) is 18.7 Å². The van der Waals surface area contributed by atoms with Crippen LogP contribution in [0.25, 0.3) is 0 Å². The number of carbonyl (C=O) groups excluding carboxylic acids is 1. The Bertz CT molecular complexity index is 393. The molecule has 1 amide bonds. The van der Waals surface area contributed by atoms with Crippen LogP contribution in [0, 0.1) is 19.8 Å². The van der Waals surface area contributed by atoms with Crippen LogP contribution in [-0.4, -0.2) is 42.8 Å². The zero-order valence-corrected chi connectivity index (χ0v) is 12.5. The second-order valence-electron chi connectivity index (χ2n) is 5.21. The van der Waals surface area contributed by atoms with Gasteiger partial charge in [0.2, 0.25) is 5.91 Å². The molecule has 1 aromatic rings. The number of hydrogen-bond acceptors (Lipinski definition) is 4. The number of hydrogen-bond donors (Lipinski definition) is 0. The second-order valence-corrected chi connectivity index (χ2v) is 5.21. The quantitative estimate of drug-likeness (QED) is 0.758. The molecule has 5 nitrogen and oxygen atoms in total. The van der Waals surface area contributed by atoms with E-state index in [0.717, 1.165) is 23.6 Å². The third-order valence-electron chi connectivity index (χ3n) is 3.01. The predicted molar refractivity (Wildman–Crippen MR) is 73.0 cm³/mol. The minimum absolute atomic E-state index is 0.0974. The Morgan fingerprint density at radius 1 is 1.42 bits per heavy atom. The highest BCUT2D eigenvalue weighted by Gasteiger charge is 2.19. The molecule has 19 heavy (non-hydrogen) atoms. The molecule has 0 bridgehead atoms. The van der Waals surface area contributed by atoms with Gasteiger partial charge in [-0.15, -0.1) is 0 Å². The molecule has 0 aliphatic carbocycles. The van der Waals surface area contributed by atoms with Gasteiger partial charge in [0.05, 0.1) is 18.7 Å². The number of methoxy groups -OCH3 is 1. The number of aryl methyl sites for hydroxylation is 2. The monoisotopic (exact) mass is 268 g/mol. The van der Waals surface area contributed by atoms with Crippen LogP contribution in [0.15, 0.2) is 4.52 Å². The maximum atomic E-state index is 12.4. The van der Waals surface area contributed by atoms with Gasteiger partial charge in [-0.1, -0.05) is 19.0 Å². The molecule has 0 spiro atoms. The van der Waals surface area contributed by atoms with Gasteiger partial charge in [-0.25, -0.2) is 0 Å². The van der Waals surface area contributed by atoms with Crippen molar-refractivity contribution in [1.29, 1.82) is 0 Å². The number of rotatable bonds is 7. The van der Waals surface area contributed by atoms with E-state index in [0.29, 0.717) is 25.5 Å². The smallest absolute Gasteiger partial charge is 0.227 e. The summed E-state index contributed by atoms with van der Waals surface area (Å²) in [5, 5.41) is 3.88. The van der Waals surface area contributed by atoms with Crippen molar-refractivity contribution in [3.05, 3.63) is 17.0 Å². The van der Waals surface area contributed by atoms with Crippen molar-refractivity contribution >= 4 is 5.91 Å². The molecule has 5 heteroatoms. The van der Waals surface area contributed by atoms with Crippen LogP contribution in [0.3, 0.4) is 0 Å². The highest BCUT2D eigenvalue weighted by Crippen LogP contribution is 2.14. The first-order chi connectivity index (χ1) is 8.95. The van der Waals surface area contributed by atoms with Gasteiger partial charge in [0.1, 0.15) is 5.76 Å². The zero-order chi connectivity index (χ0) is 14.4. The summed E-state index contributed by atoms with van der Waals surface area (Å²) >= 11 is 0. The molecule has 108 valence electrons. The summed E-state index contributed by atoms with van der Waals surface area (Å²) in [4.78, 5) is 14.2. The maximum absolute atomic E-state index is 12.4. The molecular formula is C14H24N2O3. The molecule has 0 saturated heterocycles. The Kier molecular flexibility index (Phi) is 6.02. The van der Waals surface area contributed by atoms with Crippen molar-refractivity contribution in [3.63, 3.8) is 0 Å². The highest BCUT2D eigenvalue weighted by atomic mass is 16.5. The van der Waals surface area contributed by atoms with E-state index in [9.17, 15) is 4.79 Å². The predicted octanol–water partition coefficient (Wildman–Crippen LogP) is 1.96. The molecule has 0 aliphatic rings. The van der Waals surface area contributed by atoms with Crippen LogP contribution in [0.4, 0.5) is 0 Å². The summed E-state index contributed by atoms with van der Waals surface area (Å²) in [6, 6.07) is 0. The molecule has 0 N–H and O–H groups in total. The third kappa shape index (κ3) is 4.67. The number of nitrogens with zero attached hydrogens (tertiary/aromatic N) is 2. The van der Waals surface area contributed by atoms with Crippen molar-refractivity contribution < 1.29 is 14.1 Å². The van der Waals surface area contributed by atoms with Gasteiger partial charge in [-0.05, 0) is 19.8 Å². The van der Waals surface area contributed by atoms with Gasteiger partial charge < -0.3 is 14.2 Å². The topological polar surface area (TPSA) is 55.6 Å². The van der Waals surface area contributed by atoms with Crippen molar-refractivity contribution in [2.24, 2.45) is 5.92 Å². The van der Waals surface area contributed by atoms with Crippen molar-refractivity contribution in [1.82, 2.24) is 10.1 Å². The van der Waals surface area contributed by atoms with Crippen molar-refractivity contribution in [2.45, 2.75) is 34.1 Å². The summed E-state index contributed by atoms with van der Waals surface area (Å²) in [7, 11) is 1.65. The lowest BCUT2D eigenvalue weighted by Crippen LogP contribution is -2.37. The average Bonchev–Trinajstić information content (AvgIpc) is 2.65. The molecule has 0 atom stereocenters. The molecule has 0 fully saturated rings. The lowest BCUT2D eigenvalue weighted by molar-refractivity contribution is -0.131. The zero-order valence-electron chi connectivity index (χ0n) is 12.5. The van der Waals surface area contributed by atoms with Gasteiger partial charge in [0, 0.05) is 25.8 Å². The van der Waals surface area contributed by atoms with E-state index in [-0.39, 0.29) is 5.91 Å². The fourth-order valence-electron chi connectivity index (χ4n) is 1.98. The van der Waals surface area contributed by atoms with Crippen molar-refractivity contribution in [2.75, 3.05) is 26.8 Å². The summed E-state index contributed by atoms with van der Waals surface area (Å²) in [6.07, 6.45) is 0.345. The van der Waals surface area contributed by atoms with Crippen LogP contribution in [0.1, 0.15) is 30.9 Å². The summed E-state index contributed by atoms with van der Waals surface area (Å²) < 4.78 is 10.2. The molecule has 0 aliphatic heterocycles. The minimum Gasteiger partial charge on any atom is -0.383 e. The average molecular weight is 268 g/mol. The van der Waals surface area contributed by atoms with Gasteiger partial charge >= 0.3 is 0 Å². The SMILES string of the molecule is COCCN(CC(C)C)C(=O)Cc1c(C)noc1C. The molecule has 0 saturated carbocycles. The van der Waals surface area contributed by atoms with Crippen LogP contribution in [-0.2, 0) is 16.0 Å². The van der Waals surface area contributed by atoms with E-state index in [2.05, 4.69) is 19.0 Å². The Hall–Kier alpha value is -1.36. The van der Waals surface area contributed by atoms with Crippen LogP contribution in [0.2, 0.25) is 0 Å². The molecule has 1 aromatic heterocycles. The standard InChI is InChI=1S/C14H24N2O3/c1-10(2)9-16(6-7-18-5)14(17)8-13-11(3)15-19-12(13)4/h10H,6-9H2,1-5H3. The Morgan fingerprint density at radius 3 is 2.58 bits per heavy atom. The number of carbonyl (C=O) groups is 1. The number of ether oxygens (including phenoxy) is 1. The van der Waals surface area contributed by atoms with Crippen LogP contribution < -0.4 is 0 Å². The lowest BCUT2D eigenvalue weighted by Gasteiger charge is -2.24. The molecular weight excluding hydrogens is 244 g/mol. The lowest BCUT2D eigenvalue weighted by atomic mass is 10.1. The first-order valence-corrected chi connectivity index (χ1v) is 6.64. The van der Waals surface area contributed by atoms with E-state index in [4.69, 9.17) is 9.26 Å². The van der Waals surface area contributed by atoms with Gasteiger partial charge in [-0.3, -0.25) is 4.79 Å². The molecule has 1 heterocycles. The molecule has 0 radical (unpaired) electrons. The van der Waals surface area contributed by atoms with Gasteiger partial charge in [0.15, 0.2) is 0 Å². The number of aromatic nitrogens is 1. The van der Waals surface area contributed by atoms with Crippen LogP contribution >= 0.6 is 0 Å². The first kappa shape index (κ1) is 15.7. The highest BCUT2D eigenvalue weighted by molar-refractivity contribution is 5.79. The Labute approximate surface area is 114 Å². The Morgan fingerprint density at radius 2 is 2.11 bits per heavy atom. The Balaban J connectivity index is 2.70. The first-order valence-electron chi connectivity index (χ1n) is 6.64. The summed E-state index contributed by atoms with van der Waals surface area (Å²) in [5.74, 6) is 1.26. The van der Waals surface area contributed by atoms with Gasteiger partial charge in [-0.2, -0.15) is 0 Å². The fourth-order valence-corrected chi connectivity index (χ4v) is 1.98. The normalized spacial score (nSPS) is 11.1. The van der Waals surface area contributed by atoms with E-state index in [1.54, 1.807) is 7.11 Å². The molecule has 1 rings (SSSR count). The summed E-state index contributed by atoms with van der Waals surface area (Å²) in [5.41, 5.74) is 1.69. The van der Waals surface area contributed by atoms with E-state index >= 15 is 0 Å². The molecule has 0 unspecified atom stereocenters. The summed E-state index contributed by atoms with van der Waals surface area (Å²) in [6.45, 7) is 9.82. The second kappa shape index (κ2) is 7.28. The maximum Gasteiger partial charge on any atom is 0.227 e. The largest absolute Gasteiger partial charge is 0.383 e. The number of amides is 1. The van der Waals surface area contributed by atoms with Gasteiger partial charge in [0.25, 0.3) is 0 Å². The fraction of sp³-hybridized carbons (Fsp3) is 0.714.